The molecule has 1 aromatic carbocycles. The molecule has 0 fully saturated rings. The number of rotatable bonds is 7. The third kappa shape index (κ3) is 5.54. The van der Waals surface area contributed by atoms with Gasteiger partial charge in [0.15, 0.2) is 15.6 Å². The summed E-state index contributed by atoms with van der Waals surface area (Å²) in [6, 6.07) is 10.5. The van der Waals surface area contributed by atoms with E-state index in [4.69, 9.17) is 4.42 Å². The zero-order valence-corrected chi connectivity index (χ0v) is 13.9. The van der Waals surface area contributed by atoms with Crippen molar-refractivity contribution in [3.05, 3.63) is 53.5 Å². The topological polar surface area (TPSA) is 88.4 Å². The molecule has 2 rings (SSSR count). The second-order valence-electron chi connectivity index (χ2n) is 5.27. The number of carbonyl (C=O) groups excluding carboxylic acids is 1. The van der Waals surface area contributed by atoms with Gasteiger partial charge in [-0.15, -0.1) is 0 Å². The van der Waals surface area contributed by atoms with Crippen molar-refractivity contribution < 1.29 is 17.6 Å². The number of hydrogen-bond donors (Lipinski definition) is 2. The lowest BCUT2D eigenvalue weighted by atomic mass is 10.2. The van der Waals surface area contributed by atoms with Crippen LogP contribution >= 0.6 is 0 Å². The predicted octanol–water partition coefficient (Wildman–Crippen LogP) is 2.19. The molecule has 0 aliphatic carbocycles. The van der Waals surface area contributed by atoms with E-state index in [1.807, 2.05) is 25.1 Å². The van der Waals surface area contributed by atoms with Crippen LogP contribution in [0.5, 0.6) is 0 Å². The molecule has 0 saturated carbocycles. The molecule has 124 valence electrons. The van der Waals surface area contributed by atoms with Crippen LogP contribution in [0.15, 0.2) is 40.8 Å². The summed E-state index contributed by atoms with van der Waals surface area (Å²) < 4.78 is 27.7. The van der Waals surface area contributed by atoms with E-state index < -0.39 is 15.7 Å². The first-order valence-electron chi connectivity index (χ1n) is 7.25. The van der Waals surface area contributed by atoms with Gasteiger partial charge in [0.1, 0.15) is 11.5 Å². The van der Waals surface area contributed by atoms with Crippen LogP contribution in [-0.2, 0) is 22.1 Å². The zero-order valence-electron chi connectivity index (χ0n) is 13.1. The maximum Gasteiger partial charge on any atom is 0.291 e. The van der Waals surface area contributed by atoms with Crippen molar-refractivity contribution in [2.75, 3.05) is 18.1 Å². The van der Waals surface area contributed by atoms with Crippen LogP contribution in [0.2, 0.25) is 0 Å². The average molecular weight is 336 g/mol. The third-order valence-electron chi connectivity index (χ3n) is 3.05. The molecule has 1 amide bonds. The van der Waals surface area contributed by atoms with E-state index in [9.17, 15) is 13.2 Å². The van der Waals surface area contributed by atoms with Gasteiger partial charge < -0.3 is 15.1 Å². The highest BCUT2D eigenvalue weighted by atomic mass is 32.2. The summed E-state index contributed by atoms with van der Waals surface area (Å²) in [7, 11) is -3.20. The minimum absolute atomic E-state index is 0.0840. The van der Waals surface area contributed by atoms with E-state index in [2.05, 4.69) is 10.6 Å². The highest BCUT2D eigenvalue weighted by Crippen LogP contribution is 2.15. The summed E-state index contributed by atoms with van der Waals surface area (Å²) in [5.41, 5.74) is 1.72. The van der Waals surface area contributed by atoms with E-state index in [0.717, 1.165) is 24.9 Å². The van der Waals surface area contributed by atoms with Gasteiger partial charge in [-0.1, -0.05) is 19.1 Å². The fourth-order valence-electron chi connectivity index (χ4n) is 2.06. The summed E-state index contributed by atoms with van der Waals surface area (Å²) in [6.07, 6.45) is 1.12. The van der Waals surface area contributed by atoms with Gasteiger partial charge in [0.2, 0.25) is 0 Å². The Balaban J connectivity index is 2.04. The quantitative estimate of drug-likeness (QED) is 0.809. The smallest absolute Gasteiger partial charge is 0.291 e. The maximum atomic E-state index is 12.1. The molecular weight excluding hydrogens is 316 g/mol. The molecule has 1 aromatic heterocycles. The Morgan fingerprint density at radius 3 is 2.70 bits per heavy atom. The monoisotopic (exact) mass is 336 g/mol. The van der Waals surface area contributed by atoms with E-state index in [0.29, 0.717) is 5.69 Å². The molecule has 0 radical (unpaired) electrons. The molecule has 1 heterocycles. The number of furan rings is 1. The Kier molecular flexibility index (Phi) is 5.57. The van der Waals surface area contributed by atoms with Crippen LogP contribution in [0, 0.1) is 0 Å². The molecular formula is C16H20N2O4S. The summed E-state index contributed by atoms with van der Waals surface area (Å²) in [6.45, 7) is 3.61. The summed E-state index contributed by atoms with van der Waals surface area (Å²) >= 11 is 0. The minimum atomic E-state index is -3.20. The molecule has 0 spiro atoms. The van der Waals surface area contributed by atoms with Crippen molar-refractivity contribution in [1.29, 1.82) is 0 Å². The van der Waals surface area contributed by atoms with Crippen molar-refractivity contribution in [3.63, 3.8) is 0 Å². The van der Waals surface area contributed by atoms with Crippen LogP contribution in [0.4, 0.5) is 5.69 Å². The van der Waals surface area contributed by atoms with E-state index in [1.54, 1.807) is 6.07 Å². The van der Waals surface area contributed by atoms with E-state index in [1.165, 1.54) is 12.1 Å². The summed E-state index contributed by atoms with van der Waals surface area (Å²) in [5.74, 6) is -0.303. The van der Waals surface area contributed by atoms with Crippen molar-refractivity contribution in [2.24, 2.45) is 0 Å². The van der Waals surface area contributed by atoms with Gasteiger partial charge in [-0.05, 0) is 36.4 Å². The number of benzene rings is 1. The number of anilines is 1. The maximum absolute atomic E-state index is 12.1. The zero-order chi connectivity index (χ0) is 16.9. The van der Waals surface area contributed by atoms with Crippen LogP contribution in [-0.4, -0.2) is 27.1 Å². The molecule has 0 aliphatic rings. The van der Waals surface area contributed by atoms with Gasteiger partial charge in [0.25, 0.3) is 5.91 Å². The molecule has 23 heavy (non-hydrogen) atoms. The first kappa shape index (κ1) is 17.2. The Morgan fingerprint density at radius 1 is 1.22 bits per heavy atom. The largest absolute Gasteiger partial charge is 0.455 e. The van der Waals surface area contributed by atoms with E-state index >= 15 is 0 Å². The number of sulfone groups is 1. The number of nitrogens with one attached hydrogen (secondary N) is 2. The lowest BCUT2D eigenvalue weighted by Crippen LogP contribution is -2.13. The summed E-state index contributed by atoms with van der Waals surface area (Å²) in [5, 5.41) is 5.95. The highest BCUT2D eigenvalue weighted by Gasteiger charge is 2.14. The first-order valence-corrected chi connectivity index (χ1v) is 9.31. The SMILES string of the molecule is CCNCc1cccc(NC(=O)c2ccc(CS(C)(=O)=O)o2)c1. The average Bonchev–Trinajstić information content (AvgIpc) is 2.92. The molecule has 2 aromatic rings. The Bertz CT molecular complexity index is 781. The minimum Gasteiger partial charge on any atom is -0.455 e. The van der Waals surface area contributed by atoms with Crippen molar-refractivity contribution in [1.82, 2.24) is 5.32 Å². The normalized spacial score (nSPS) is 11.4. The van der Waals surface area contributed by atoms with Crippen LogP contribution in [0.1, 0.15) is 28.8 Å². The molecule has 0 saturated heterocycles. The highest BCUT2D eigenvalue weighted by molar-refractivity contribution is 7.89. The van der Waals surface area contributed by atoms with Crippen molar-refractivity contribution >= 4 is 21.4 Å². The number of amides is 1. The fourth-order valence-corrected chi connectivity index (χ4v) is 2.73. The lowest BCUT2D eigenvalue weighted by Gasteiger charge is -2.06. The molecule has 0 unspecified atom stereocenters. The molecule has 6 nitrogen and oxygen atoms in total. The van der Waals surface area contributed by atoms with Crippen LogP contribution < -0.4 is 10.6 Å². The fraction of sp³-hybridized carbons (Fsp3) is 0.312. The van der Waals surface area contributed by atoms with Crippen molar-refractivity contribution in [3.8, 4) is 0 Å². The molecule has 2 N–H and O–H groups in total. The van der Waals surface area contributed by atoms with Gasteiger partial charge in [-0.2, -0.15) is 0 Å². The molecule has 0 bridgehead atoms. The van der Waals surface area contributed by atoms with Gasteiger partial charge in [-0.25, -0.2) is 8.42 Å². The van der Waals surface area contributed by atoms with Gasteiger partial charge >= 0.3 is 0 Å². The lowest BCUT2D eigenvalue weighted by molar-refractivity contribution is 0.0995. The van der Waals surface area contributed by atoms with Crippen LogP contribution in [0.25, 0.3) is 0 Å². The van der Waals surface area contributed by atoms with E-state index in [-0.39, 0.29) is 17.3 Å². The van der Waals surface area contributed by atoms with Gasteiger partial charge in [0, 0.05) is 18.5 Å². The van der Waals surface area contributed by atoms with Crippen molar-refractivity contribution in [2.45, 2.75) is 19.2 Å². The van der Waals surface area contributed by atoms with Crippen LogP contribution in [0.3, 0.4) is 0 Å². The Hall–Kier alpha value is -2.12. The second-order valence-corrected chi connectivity index (χ2v) is 7.41. The Labute approximate surface area is 135 Å². The standard InChI is InChI=1S/C16H20N2O4S/c1-3-17-10-12-5-4-6-13(9-12)18-16(19)15-8-7-14(22-15)11-23(2,20)21/h4-9,17H,3,10-11H2,1-2H3,(H,18,19). The number of hydrogen-bond acceptors (Lipinski definition) is 5. The first-order chi connectivity index (χ1) is 10.9. The molecule has 0 aliphatic heterocycles. The Morgan fingerprint density at radius 2 is 2.00 bits per heavy atom. The van der Waals surface area contributed by atoms with Gasteiger partial charge in [-0.3, -0.25) is 4.79 Å². The predicted molar refractivity (Wildman–Crippen MR) is 89.0 cm³/mol. The number of carbonyl (C=O) groups is 1. The summed E-state index contributed by atoms with van der Waals surface area (Å²) in [4.78, 5) is 12.1. The molecule has 0 atom stereocenters. The molecule has 7 heteroatoms. The third-order valence-corrected chi connectivity index (χ3v) is 3.86. The van der Waals surface area contributed by atoms with Gasteiger partial charge in [0.05, 0.1) is 0 Å². The second kappa shape index (κ2) is 7.43.